The van der Waals surface area contributed by atoms with E-state index in [0.717, 1.165) is 12.1 Å². The number of imidazole rings is 1. The van der Waals surface area contributed by atoms with Crippen LogP contribution in [0.25, 0.3) is 11.0 Å². The molecule has 2 unspecified atom stereocenters. The largest absolute Gasteiger partial charge is 0.326 e. The molecule has 102 valence electrons. The van der Waals surface area contributed by atoms with Crippen molar-refractivity contribution in [2.45, 2.75) is 51.1 Å². The molecule has 0 spiro atoms. The third-order valence-corrected chi connectivity index (χ3v) is 4.22. The van der Waals surface area contributed by atoms with Crippen molar-refractivity contribution in [3.63, 3.8) is 0 Å². The number of para-hydroxylation sites is 2. The Morgan fingerprint density at radius 3 is 3.00 bits per heavy atom. The van der Waals surface area contributed by atoms with Gasteiger partial charge in [0.05, 0.1) is 23.4 Å². The summed E-state index contributed by atoms with van der Waals surface area (Å²) >= 11 is 0. The highest BCUT2D eigenvalue weighted by molar-refractivity contribution is 5.75. The first-order valence-corrected chi connectivity index (χ1v) is 7.55. The highest BCUT2D eigenvalue weighted by Crippen LogP contribution is 2.31. The summed E-state index contributed by atoms with van der Waals surface area (Å²) in [7, 11) is 0. The van der Waals surface area contributed by atoms with E-state index < -0.39 is 0 Å². The number of hydrogen-bond donors (Lipinski definition) is 1. The molecular weight excluding hydrogens is 234 g/mol. The summed E-state index contributed by atoms with van der Waals surface area (Å²) in [6.45, 7) is 3.35. The lowest BCUT2D eigenvalue weighted by molar-refractivity contribution is 0.267. The summed E-state index contributed by atoms with van der Waals surface area (Å²) in [5.74, 6) is 0. The van der Waals surface area contributed by atoms with Gasteiger partial charge < -0.3 is 9.88 Å². The van der Waals surface area contributed by atoms with Crippen LogP contribution in [0.4, 0.5) is 0 Å². The minimum atomic E-state index is 0.563. The van der Waals surface area contributed by atoms with Gasteiger partial charge >= 0.3 is 0 Å². The fourth-order valence-corrected chi connectivity index (χ4v) is 3.25. The standard InChI is InChI=1S/C16H23N3/c1-2-11-17-13-7-3-5-9-15(13)19-12-18-14-8-4-6-10-16(14)19/h4,6,8,10,12-13,15,17H,2-3,5,7,9,11H2,1H3. The summed E-state index contributed by atoms with van der Waals surface area (Å²) in [6.07, 6.45) is 8.47. The molecule has 1 heterocycles. The number of nitrogens with zero attached hydrogens (tertiary/aromatic N) is 2. The first kappa shape index (κ1) is 12.7. The maximum Gasteiger partial charge on any atom is 0.0961 e. The fourth-order valence-electron chi connectivity index (χ4n) is 3.25. The zero-order valence-electron chi connectivity index (χ0n) is 11.7. The zero-order valence-corrected chi connectivity index (χ0v) is 11.7. The molecule has 3 rings (SSSR count). The summed E-state index contributed by atoms with van der Waals surface area (Å²) in [5, 5.41) is 3.73. The molecule has 1 aromatic carbocycles. The van der Waals surface area contributed by atoms with E-state index in [4.69, 9.17) is 0 Å². The van der Waals surface area contributed by atoms with E-state index in [-0.39, 0.29) is 0 Å². The molecule has 0 saturated heterocycles. The Morgan fingerprint density at radius 2 is 2.11 bits per heavy atom. The Hall–Kier alpha value is -1.35. The topological polar surface area (TPSA) is 29.9 Å². The number of nitrogens with one attached hydrogen (secondary N) is 1. The maximum atomic E-state index is 4.54. The van der Waals surface area contributed by atoms with Crippen LogP contribution >= 0.6 is 0 Å². The number of benzene rings is 1. The van der Waals surface area contributed by atoms with E-state index >= 15 is 0 Å². The average molecular weight is 257 g/mol. The second-order valence-corrected chi connectivity index (χ2v) is 5.55. The van der Waals surface area contributed by atoms with Gasteiger partial charge in [0.25, 0.3) is 0 Å². The van der Waals surface area contributed by atoms with E-state index in [1.165, 1.54) is 37.6 Å². The van der Waals surface area contributed by atoms with Crippen molar-refractivity contribution in [3.8, 4) is 0 Å². The SMILES string of the molecule is CCCNC1CCCCC1n1cnc2ccccc21. The van der Waals surface area contributed by atoms with Crippen molar-refractivity contribution >= 4 is 11.0 Å². The van der Waals surface area contributed by atoms with Crippen LogP contribution in [0.2, 0.25) is 0 Å². The van der Waals surface area contributed by atoms with Crippen LogP contribution in [0, 0.1) is 0 Å². The monoisotopic (exact) mass is 257 g/mol. The molecule has 1 aliphatic carbocycles. The molecule has 1 saturated carbocycles. The normalized spacial score (nSPS) is 23.8. The molecule has 2 aromatic rings. The van der Waals surface area contributed by atoms with E-state index in [9.17, 15) is 0 Å². The molecule has 1 aromatic heterocycles. The van der Waals surface area contributed by atoms with Crippen molar-refractivity contribution in [1.29, 1.82) is 0 Å². The number of rotatable bonds is 4. The molecule has 0 amide bonds. The smallest absolute Gasteiger partial charge is 0.0961 e. The van der Waals surface area contributed by atoms with Crippen molar-refractivity contribution in [1.82, 2.24) is 14.9 Å². The molecule has 1 N–H and O–H groups in total. The van der Waals surface area contributed by atoms with Crippen LogP contribution in [0.3, 0.4) is 0 Å². The summed E-state index contributed by atoms with van der Waals surface area (Å²) in [6, 6.07) is 9.63. The van der Waals surface area contributed by atoms with E-state index in [1.54, 1.807) is 0 Å². The minimum absolute atomic E-state index is 0.563. The maximum absolute atomic E-state index is 4.54. The van der Waals surface area contributed by atoms with E-state index in [0.29, 0.717) is 12.1 Å². The highest BCUT2D eigenvalue weighted by atomic mass is 15.1. The predicted molar refractivity (Wildman–Crippen MR) is 79.3 cm³/mol. The summed E-state index contributed by atoms with van der Waals surface area (Å²) < 4.78 is 2.39. The Balaban J connectivity index is 1.89. The van der Waals surface area contributed by atoms with Gasteiger partial charge in [0.15, 0.2) is 0 Å². The Bertz CT molecular complexity index is 532. The third-order valence-electron chi connectivity index (χ3n) is 4.22. The van der Waals surface area contributed by atoms with Crippen LogP contribution in [-0.2, 0) is 0 Å². The third kappa shape index (κ3) is 2.52. The molecule has 0 bridgehead atoms. The van der Waals surface area contributed by atoms with E-state index in [2.05, 4.69) is 46.1 Å². The second kappa shape index (κ2) is 5.74. The molecule has 1 aliphatic rings. The van der Waals surface area contributed by atoms with Crippen LogP contribution in [0.15, 0.2) is 30.6 Å². The Kier molecular flexibility index (Phi) is 3.83. The van der Waals surface area contributed by atoms with Crippen LogP contribution in [0.5, 0.6) is 0 Å². The van der Waals surface area contributed by atoms with Gasteiger partial charge in [0.2, 0.25) is 0 Å². The fraction of sp³-hybridized carbons (Fsp3) is 0.562. The van der Waals surface area contributed by atoms with Gasteiger partial charge in [0.1, 0.15) is 0 Å². The van der Waals surface area contributed by atoms with Gasteiger partial charge in [-0.1, -0.05) is 31.9 Å². The van der Waals surface area contributed by atoms with Crippen molar-refractivity contribution in [2.24, 2.45) is 0 Å². The predicted octanol–water partition coefficient (Wildman–Crippen LogP) is 3.52. The van der Waals surface area contributed by atoms with Crippen LogP contribution in [-0.4, -0.2) is 22.1 Å². The van der Waals surface area contributed by atoms with Gasteiger partial charge in [-0.15, -0.1) is 0 Å². The van der Waals surface area contributed by atoms with Crippen molar-refractivity contribution in [3.05, 3.63) is 30.6 Å². The lowest BCUT2D eigenvalue weighted by Gasteiger charge is -2.33. The van der Waals surface area contributed by atoms with Crippen LogP contribution < -0.4 is 5.32 Å². The minimum Gasteiger partial charge on any atom is -0.326 e. The first-order valence-electron chi connectivity index (χ1n) is 7.55. The summed E-state index contributed by atoms with van der Waals surface area (Å²) in [4.78, 5) is 4.54. The van der Waals surface area contributed by atoms with E-state index in [1.807, 2.05) is 6.33 Å². The molecule has 0 radical (unpaired) electrons. The Labute approximate surface area is 115 Å². The van der Waals surface area contributed by atoms with Crippen molar-refractivity contribution < 1.29 is 0 Å². The molecule has 19 heavy (non-hydrogen) atoms. The van der Waals surface area contributed by atoms with Crippen LogP contribution in [0.1, 0.15) is 45.1 Å². The number of fused-ring (bicyclic) bond motifs is 1. The van der Waals surface area contributed by atoms with Gasteiger partial charge in [0, 0.05) is 6.04 Å². The quantitative estimate of drug-likeness (QED) is 0.908. The highest BCUT2D eigenvalue weighted by Gasteiger charge is 2.26. The van der Waals surface area contributed by atoms with Crippen molar-refractivity contribution in [2.75, 3.05) is 6.54 Å². The average Bonchev–Trinajstić information content (AvgIpc) is 2.89. The number of aromatic nitrogens is 2. The molecule has 2 atom stereocenters. The van der Waals surface area contributed by atoms with Gasteiger partial charge in [-0.2, -0.15) is 0 Å². The van der Waals surface area contributed by atoms with Gasteiger partial charge in [-0.25, -0.2) is 4.98 Å². The molecular formula is C16H23N3. The lowest BCUT2D eigenvalue weighted by atomic mass is 9.90. The summed E-state index contributed by atoms with van der Waals surface area (Å²) in [5.41, 5.74) is 2.39. The lowest BCUT2D eigenvalue weighted by Crippen LogP contribution is -2.40. The second-order valence-electron chi connectivity index (χ2n) is 5.55. The zero-order chi connectivity index (χ0) is 13.1. The number of hydrogen-bond acceptors (Lipinski definition) is 2. The molecule has 3 heteroatoms. The molecule has 3 nitrogen and oxygen atoms in total. The Morgan fingerprint density at radius 1 is 1.26 bits per heavy atom. The van der Waals surface area contributed by atoms with Gasteiger partial charge in [-0.3, -0.25) is 0 Å². The van der Waals surface area contributed by atoms with Gasteiger partial charge in [-0.05, 0) is 37.9 Å². The molecule has 1 fully saturated rings. The molecule has 0 aliphatic heterocycles. The first-order chi connectivity index (χ1) is 9.40.